The van der Waals surface area contributed by atoms with Crippen LogP contribution in [0.5, 0.6) is 0 Å². The summed E-state index contributed by atoms with van der Waals surface area (Å²) in [4.78, 5) is 0. The molecule has 3 rings (SSSR count). The second-order valence-electron chi connectivity index (χ2n) is 5.37. The minimum Gasteiger partial charge on any atom is -0.0839 e. The van der Waals surface area contributed by atoms with Crippen LogP contribution < -0.4 is 0 Å². The minimum absolute atomic E-state index is 0.877. The third kappa shape index (κ3) is 2.52. The van der Waals surface area contributed by atoms with E-state index in [0.29, 0.717) is 0 Å². The van der Waals surface area contributed by atoms with Crippen molar-refractivity contribution in [3.63, 3.8) is 0 Å². The van der Waals surface area contributed by atoms with Gasteiger partial charge in [0.25, 0.3) is 0 Å². The van der Waals surface area contributed by atoms with Crippen molar-refractivity contribution < 1.29 is 0 Å². The number of hydrogen-bond donors (Lipinski definition) is 0. The number of rotatable bonds is 2. The van der Waals surface area contributed by atoms with Gasteiger partial charge in [-0.25, -0.2) is 0 Å². The maximum absolute atomic E-state index is 2.37. The van der Waals surface area contributed by atoms with Gasteiger partial charge in [0.2, 0.25) is 0 Å². The normalized spacial score (nSPS) is 23.6. The Bertz CT molecular complexity index is 436. The zero-order chi connectivity index (χ0) is 11.5. The Morgan fingerprint density at radius 3 is 2.82 bits per heavy atom. The fourth-order valence-electron chi connectivity index (χ4n) is 3.19. The van der Waals surface area contributed by atoms with Crippen LogP contribution in [0, 0.1) is 5.92 Å². The van der Waals surface area contributed by atoms with Crippen LogP contribution in [-0.2, 0) is 6.42 Å². The summed E-state index contributed by atoms with van der Waals surface area (Å²) in [5, 5.41) is 0. The van der Waals surface area contributed by atoms with E-state index >= 15 is 0 Å². The van der Waals surface area contributed by atoms with Crippen LogP contribution in [-0.4, -0.2) is 0 Å². The van der Waals surface area contributed by atoms with E-state index in [0.717, 1.165) is 5.92 Å². The first-order valence-electron chi connectivity index (χ1n) is 6.83. The first kappa shape index (κ1) is 10.8. The van der Waals surface area contributed by atoms with Gasteiger partial charge in [-0.1, -0.05) is 48.1 Å². The monoisotopic (exact) mass is 224 g/mol. The molecule has 0 aromatic heterocycles. The van der Waals surface area contributed by atoms with E-state index in [4.69, 9.17) is 0 Å². The molecule has 0 saturated heterocycles. The third-order valence-electron chi connectivity index (χ3n) is 4.11. The Hall–Kier alpha value is -1.30. The molecule has 0 bridgehead atoms. The van der Waals surface area contributed by atoms with Gasteiger partial charge in [-0.05, 0) is 55.6 Å². The zero-order valence-corrected chi connectivity index (χ0v) is 10.4. The van der Waals surface area contributed by atoms with Crippen LogP contribution in [0.2, 0.25) is 0 Å². The third-order valence-corrected chi connectivity index (χ3v) is 4.11. The van der Waals surface area contributed by atoms with E-state index in [2.05, 4.69) is 42.5 Å². The van der Waals surface area contributed by atoms with Gasteiger partial charge < -0.3 is 0 Å². The van der Waals surface area contributed by atoms with Gasteiger partial charge in [0, 0.05) is 0 Å². The molecule has 0 heterocycles. The SMILES string of the molecule is C1=CC2=C(CC1)CC(Cc1ccccc1)CC2. The Balaban J connectivity index is 1.68. The van der Waals surface area contributed by atoms with Gasteiger partial charge in [-0.2, -0.15) is 0 Å². The van der Waals surface area contributed by atoms with Crippen molar-refractivity contribution in [2.45, 2.75) is 38.5 Å². The van der Waals surface area contributed by atoms with E-state index < -0.39 is 0 Å². The van der Waals surface area contributed by atoms with Crippen LogP contribution >= 0.6 is 0 Å². The van der Waals surface area contributed by atoms with Gasteiger partial charge in [0.1, 0.15) is 0 Å². The average molecular weight is 224 g/mol. The van der Waals surface area contributed by atoms with Crippen LogP contribution in [0.25, 0.3) is 0 Å². The van der Waals surface area contributed by atoms with Gasteiger partial charge in [-0.3, -0.25) is 0 Å². The summed E-state index contributed by atoms with van der Waals surface area (Å²) in [7, 11) is 0. The van der Waals surface area contributed by atoms with Crippen molar-refractivity contribution in [2.75, 3.05) is 0 Å². The molecule has 17 heavy (non-hydrogen) atoms. The number of hydrogen-bond acceptors (Lipinski definition) is 0. The molecular formula is C17H20. The molecule has 0 fully saturated rings. The standard InChI is InChI=1S/C17H20/c1-2-6-14(7-3-1)12-15-10-11-16-8-4-5-9-17(16)13-15/h1-4,6-8,15H,5,9-13H2. The minimum atomic E-state index is 0.877. The fourth-order valence-corrected chi connectivity index (χ4v) is 3.19. The van der Waals surface area contributed by atoms with Crippen molar-refractivity contribution in [1.82, 2.24) is 0 Å². The Kier molecular flexibility index (Phi) is 3.13. The molecule has 1 unspecified atom stereocenters. The number of benzene rings is 1. The predicted molar refractivity (Wildman–Crippen MR) is 72.9 cm³/mol. The summed E-state index contributed by atoms with van der Waals surface area (Å²) in [5.74, 6) is 0.877. The lowest BCUT2D eigenvalue weighted by atomic mass is 9.78. The molecule has 2 aliphatic carbocycles. The predicted octanol–water partition coefficient (Wildman–Crippen LogP) is 4.68. The van der Waals surface area contributed by atoms with E-state index in [1.807, 2.05) is 0 Å². The van der Waals surface area contributed by atoms with Crippen molar-refractivity contribution in [2.24, 2.45) is 5.92 Å². The second-order valence-corrected chi connectivity index (χ2v) is 5.37. The lowest BCUT2D eigenvalue weighted by Crippen LogP contribution is -2.13. The topological polar surface area (TPSA) is 0 Å². The molecule has 88 valence electrons. The van der Waals surface area contributed by atoms with E-state index in [1.54, 1.807) is 11.1 Å². The van der Waals surface area contributed by atoms with Crippen molar-refractivity contribution in [3.05, 3.63) is 59.2 Å². The molecule has 0 saturated carbocycles. The smallest absolute Gasteiger partial charge is 0.0247 e. The molecule has 0 amide bonds. The van der Waals surface area contributed by atoms with Gasteiger partial charge in [-0.15, -0.1) is 0 Å². The fraction of sp³-hybridized carbons (Fsp3) is 0.412. The Morgan fingerprint density at radius 2 is 1.94 bits per heavy atom. The summed E-state index contributed by atoms with van der Waals surface area (Å²) in [5.41, 5.74) is 4.91. The van der Waals surface area contributed by atoms with Crippen LogP contribution in [0.4, 0.5) is 0 Å². The van der Waals surface area contributed by atoms with Crippen molar-refractivity contribution in [3.8, 4) is 0 Å². The quantitative estimate of drug-likeness (QED) is 0.684. The zero-order valence-electron chi connectivity index (χ0n) is 10.4. The molecule has 1 aromatic carbocycles. The Morgan fingerprint density at radius 1 is 1.06 bits per heavy atom. The molecule has 0 heteroatoms. The maximum Gasteiger partial charge on any atom is -0.0247 e. The molecule has 0 aliphatic heterocycles. The molecule has 0 nitrogen and oxygen atoms in total. The van der Waals surface area contributed by atoms with Crippen LogP contribution in [0.15, 0.2) is 53.6 Å². The summed E-state index contributed by atoms with van der Waals surface area (Å²) in [6.07, 6.45) is 12.6. The van der Waals surface area contributed by atoms with Gasteiger partial charge >= 0.3 is 0 Å². The second kappa shape index (κ2) is 4.91. The highest BCUT2D eigenvalue weighted by Gasteiger charge is 2.20. The largest absolute Gasteiger partial charge is 0.0839 e. The maximum atomic E-state index is 2.37. The molecular weight excluding hydrogens is 204 g/mol. The summed E-state index contributed by atoms with van der Waals surface area (Å²) < 4.78 is 0. The molecule has 0 N–H and O–H groups in total. The highest BCUT2D eigenvalue weighted by atomic mass is 14.3. The first-order valence-corrected chi connectivity index (χ1v) is 6.83. The summed E-state index contributed by atoms with van der Waals surface area (Å²) >= 11 is 0. The van der Waals surface area contributed by atoms with Crippen molar-refractivity contribution in [1.29, 1.82) is 0 Å². The van der Waals surface area contributed by atoms with E-state index in [-0.39, 0.29) is 0 Å². The highest BCUT2D eigenvalue weighted by Crippen LogP contribution is 2.36. The lowest BCUT2D eigenvalue weighted by molar-refractivity contribution is 0.446. The Labute approximate surface area is 104 Å². The molecule has 0 spiro atoms. The van der Waals surface area contributed by atoms with Crippen LogP contribution in [0.3, 0.4) is 0 Å². The summed E-state index contributed by atoms with van der Waals surface area (Å²) in [6.45, 7) is 0. The highest BCUT2D eigenvalue weighted by molar-refractivity contribution is 5.32. The van der Waals surface area contributed by atoms with Gasteiger partial charge in [0.15, 0.2) is 0 Å². The van der Waals surface area contributed by atoms with Gasteiger partial charge in [0.05, 0.1) is 0 Å². The average Bonchev–Trinajstić information content (AvgIpc) is 2.40. The number of allylic oxidation sites excluding steroid dienone is 4. The molecule has 2 aliphatic rings. The summed E-state index contributed by atoms with van der Waals surface area (Å²) in [6, 6.07) is 11.0. The lowest BCUT2D eigenvalue weighted by Gasteiger charge is -2.28. The molecule has 1 atom stereocenters. The van der Waals surface area contributed by atoms with E-state index in [9.17, 15) is 0 Å². The van der Waals surface area contributed by atoms with Crippen LogP contribution in [0.1, 0.15) is 37.7 Å². The molecule has 0 radical (unpaired) electrons. The van der Waals surface area contributed by atoms with Crippen molar-refractivity contribution >= 4 is 0 Å². The first-order chi connectivity index (χ1) is 8.42. The molecule has 1 aromatic rings. The van der Waals surface area contributed by atoms with E-state index in [1.165, 1.54) is 44.1 Å².